The van der Waals surface area contributed by atoms with Crippen molar-refractivity contribution in [3.63, 3.8) is 0 Å². The summed E-state index contributed by atoms with van der Waals surface area (Å²) in [6, 6.07) is 0. The zero-order valence-corrected chi connectivity index (χ0v) is 8.45. The molecule has 0 spiro atoms. The van der Waals surface area contributed by atoms with Crippen LogP contribution in [0.1, 0.15) is 13.3 Å². The summed E-state index contributed by atoms with van der Waals surface area (Å²) in [5.41, 5.74) is 0. The minimum absolute atomic E-state index is 0.0223. The topological polar surface area (TPSA) is 54.9 Å². The molecular weight excluding hydrogens is 202 g/mol. The van der Waals surface area contributed by atoms with Crippen molar-refractivity contribution in [2.24, 2.45) is 11.8 Å². The van der Waals surface area contributed by atoms with Crippen molar-refractivity contribution in [3.8, 4) is 0 Å². The smallest absolute Gasteiger partial charge is 0.228 e. The van der Waals surface area contributed by atoms with Gasteiger partial charge in [0.15, 0.2) is 5.82 Å². The normalized spacial score (nSPS) is 24.4. The number of hydrogen-bond acceptors (Lipinski definition) is 3. The van der Waals surface area contributed by atoms with Gasteiger partial charge in [0, 0.05) is 5.92 Å². The van der Waals surface area contributed by atoms with Gasteiger partial charge in [0.2, 0.25) is 5.91 Å². The highest BCUT2D eigenvalue weighted by atomic mass is 35.5. The van der Waals surface area contributed by atoms with Crippen molar-refractivity contribution in [2.45, 2.75) is 13.3 Å². The minimum Gasteiger partial charge on any atom is -0.309 e. The van der Waals surface area contributed by atoms with Crippen LogP contribution in [0.4, 0.5) is 5.82 Å². The molecular formula is C9H10ClN3O. The highest BCUT2D eigenvalue weighted by Gasteiger charge is 2.39. The van der Waals surface area contributed by atoms with Gasteiger partial charge in [0.05, 0.1) is 12.4 Å². The number of nitrogens with one attached hydrogen (secondary N) is 1. The first-order valence-corrected chi connectivity index (χ1v) is 4.83. The monoisotopic (exact) mass is 211 g/mol. The Hall–Kier alpha value is -1.16. The van der Waals surface area contributed by atoms with Crippen LogP contribution >= 0.6 is 11.6 Å². The molecule has 0 saturated heterocycles. The van der Waals surface area contributed by atoms with Crippen molar-refractivity contribution in [3.05, 3.63) is 17.5 Å². The van der Waals surface area contributed by atoms with E-state index in [0.29, 0.717) is 16.9 Å². The van der Waals surface area contributed by atoms with E-state index in [1.807, 2.05) is 0 Å². The molecule has 2 atom stereocenters. The first-order valence-electron chi connectivity index (χ1n) is 4.45. The lowest BCUT2D eigenvalue weighted by molar-refractivity contribution is -0.117. The Morgan fingerprint density at radius 2 is 2.29 bits per heavy atom. The number of rotatable bonds is 2. The maximum absolute atomic E-state index is 11.5. The fraction of sp³-hybridized carbons (Fsp3) is 0.444. The van der Waals surface area contributed by atoms with Crippen LogP contribution in [-0.2, 0) is 4.79 Å². The molecule has 0 radical (unpaired) electrons. The van der Waals surface area contributed by atoms with Crippen molar-refractivity contribution in [1.82, 2.24) is 9.97 Å². The van der Waals surface area contributed by atoms with Gasteiger partial charge in [-0.2, -0.15) is 0 Å². The molecule has 1 aliphatic rings. The van der Waals surface area contributed by atoms with Gasteiger partial charge in [-0.1, -0.05) is 18.5 Å². The third-order valence-electron chi connectivity index (χ3n) is 2.32. The highest BCUT2D eigenvalue weighted by Crippen LogP contribution is 2.38. The summed E-state index contributed by atoms with van der Waals surface area (Å²) in [7, 11) is 0. The predicted molar refractivity (Wildman–Crippen MR) is 52.9 cm³/mol. The standard InChI is InChI=1S/C9H10ClN3O/c1-5-2-6(5)9(14)13-8-4-11-7(10)3-12-8/h3-6H,2H2,1H3,(H,12,13,14). The molecule has 2 rings (SSSR count). The first kappa shape index (κ1) is 9.40. The fourth-order valence-corrected chi connectivity index (χ4v) is 1.38. The van der Waals surface area contributed by atoms with Gasteiger partial charge >= 0.3 is 0 Å². The second kappa shape index (κ2) is 3.53. The molecule has 1 amide bonds. The molecule has 1 aromatic rings. The van der Waals surface area contributed by atoms with Crippen LogP contribution in [0, 0.1) is 11.8 Å². The van der Waals surface area contributed by atoms with E-state index in [1.54, 1.807) is 0 Å². The number of hydrogen-bond donors (Lipinski definition) is 1. The summed E-state index contributed by atoms with van der Waals surface area (Å²) in [6.45, 7) is 2.05. The number of carbonyl (C=O) groups excluding carboxylic acids is 1. The van der Waals surface area contributed by atoms with Gasteiger partial charge in [-0.05, 0) is 12.3 Å². The Bertz CT molecular complexity index is 352. The van der Waals surface area contributed by atoms with Gasteiger partial charge in [0.1, 0.15) is 5.15 Å². The van der Waals surface area contributed by atoms with Crippen LogP contribution in [0.5, 0.6) is 0 Å². The number of aromatic nitrogens is 2. The van der Waals surface area contributed by atoms with E-state index < -0.39 is 0 Å². The third kappa shape index (κ3) is 2.01. The maximum atomic E-state index is 11.5. The van der Waals surface area contributed by atoms with Gasteiger partial charge in [0.25, 0.3) is 0 Å². The van der Waals surface area contributed by atoms with Gasteiger partial charge in [-0.3, -0.25) is 4.79 Å². The Morgan fingerprint density at radius 1 is 1.57 bits per heavy atom. The highest BCUT2D eigenvalue weighted by molar-refractivity contribution is 6.29. The summed E-state index contributed by atoms with van der Waals surface area (Å²) in [4.78, 5) is 19.2. The fourth-order valence-electron chi connectivity index (χ4n) is 1.28. The summed E-state index contributed by atoms with van der Waals surface area (Å²) < 4.78 is 0. The lowest BCUT2D eigenvalue weighted by Crippen LogP contribution is -2.15. The summed E-state index contributed by atoms with van der Waals surface area (Å²) in [6.07, 6.45) is 3.83. The van der Waals surface area contributed by atoms with Crippen LogP contribution < -0.4 is 5.32 Å². The van der Waals surface area contributed by atoms with E-state index in [1.165, 1.54) is 12.4 Å². The summed E-state index contributed by atoms with van der Waals surface area (Å²) >= 11 is 5.56. The summed E-state index contributed by atoms with van der Waals surface area (Å²) in [5, 5.41) is 3.01. The Labute approximate surface area is 86.7 Å². The first-order chi connectivity index (χ1) is 6.66. The molecule has 1 heterocycles. The molecule has 1 aromatic heterocycles. The molecule has 1 N–H and O–H groups in total. The number of amides is 1. The number of anilines is 1. The van der Waals surface area contributed by atoms with E-state index in [9.17, 15) is 4.79 Å². The van der Waals surface area contributed by atoms with Crippen LogP contribution in [0.3, 0.4) is 0 Å². The van der Waals surface area contributed by atoms with E-state index in [0.717, 1.165) is 6.42 Å². The number of nitrogens with zero attached hydrogens (tertiary/aromatic N) is 2. The van der Waals surface area contributed by atoms with E-state index >= 15 is 0 Å². The van der Waals surface area contributed by atoms with Crippen LogP contribution in [-0.4, -0.2) is 15.9 Å². The molecule has 0 aliphatic heterocycles. The van der Waals surface area contributed by atoms with Crippen LogP contribution in [0.15, 0.2) is 12.4 Å². The van der Waals surface area contributed by atoms with Crippen molar-refractivity contribution < 1.29 is 4.79 Å². The van der Waals surface area contributed by atoms with Gasteiger partial charge in [-0.15, -0.1) is 0 Å². The predicted octanol–water partition coefficient (Wildman–Crippen LogP) is 1.72. The molecule has 1 aliphatic carbocycles. The Morgan fingerprint density at radius 3 is 2.79 bits per heavy atom. The van der Waals surface area contributed by atoms with Gasteiger partial charge in [-0.25, -0.2) is 9.97 Å². The molecule has 2 unspecified atom stereocenters. The van der Waals surface area contributed by atoms with Crippen molar-refractivity contribution in [1.29, 1.82) is 0 Å². The molecule has 5 heteroatoms. The van der Waals surface area contributed by atoms with E-state index in [-0.39, 0.29) is 11.8 Å². The Kier molecular flexibility index (Phi) is 2.37. The quantitative estimate of drug-likeness (QED) is 0.811. The van der Waals surface area contributed by atoms with E-state index in [4.69, 9.17) is 11.6 Å². The molecule has 1 saturated carbocycles. The minimum atomic E-state index is 0.0223. The second-order valence-electron chi connectivity index (χ2n) is 3.53. The molecule has 14 heavy (non-hydrogen) atoms. The van der Waals surface area contributed by atoms with Crippen molar-refractivity contribution in [2.75, 3.05) is 5.32 Å². The van der Waals surface area contributed by atoms with Crippen molar-refractivity contribution >= 4 is 23.3 Å². The largest absolute Gasteiger partial charge is 0.309 e. The lowest BCUT2D eigenvalue weighted by Gasteiger charge is -2.01. The molecule has 1 fully saturated rings. The average Bonchev–Trinajstić information content (AvgIpc) is 2.87. The second-order valence-corrected chi connectivity index (χ2v) is 3.92. The zero-order chi connectivity index (χ0) is 10.1. The maximum Gasteiger partial charge on any atom is 0.228 e. The molecule has 0 bridgehead atoms. The SMILES string of the molecule is CC1CC1C(=O)Nc1cnc(Cl)cn1. The number of halogens is 1. The number of carbonyl (C=O) groups is 1. The van der Waals surface area contributed by atoms with Gasteiger partial charge < -0.3 is 5.32 Å². The Balaban J connectivity index is 1.97. The molecule has 4 nitrogen and oxygen atoms in total. The third-order valence-corrected chi connectivity index (χ3v) is 2.51. The van der Waals surface area contributed by atoms with Crippen LogP contribution in [0.25, 0.3) is 0 Å². The zero-order valence-electron chi connectivity index (χ0n) is 7.70. The average molecular weight is 212 g/mol. The van der Waals surface area contributed by atoms with Crippen LogP contribution in [0.2, 0.25) is 5.15 Å². The molecule has 74 valence electrons. The lowest BCUT2D eigenvalue weighted by atomic mass is 10.3. The summed E-state index contributed by atoms with van der Waals surface area (Å²) in [5.74, 6) is 1.12. The van der Waals surface area contributed by atoms with E-state index in [2.05, 4.69) is 22.2 Å². The molecule has 0 aromatic carbocycles.